The quantitative estimate of drug-likeness (QED) is 0.596. The lowest BCUT2D eigenvalue weighted by Gasteiger charge is -2.16. The Morgan fingerprint density at radius 1 is 1.13 bits per heavy atom. The van der Waals surface area contributed by atoms with E-state index in [2.05, 4.69) is 27.6 Å². The molecule has 1 atom stereocenters. The largest absolute Gasteiger partial charge is 0.312 e. The van der Waals surface area contributed by atoms with Crippen LogP contribution in [0.2, 0.25) is 0 Å². The number of anilines is 2. The number of rotatable bonds is 7. The smallest absolute Gasteiger partial charge is 0.231 e. The molecule has 1 aliphatic heterocycles. The highest BCUT2D eigenvalue weighted by atomic mass is 32.2. The van der Waals surface area contributed by atoms with Gasteiger partial charge in [0.05, 0.1) is 5.92 Å². The number of hydrogen-bond donors (Lipinski definition) is 1. The Hall–Kier alpha value is -2.71. The van der Waals surface area contributed by atoms with Crippen LogP contribution >= 0.6 is 23.1 Å². The molecule has 1 unspecified atom stereocenters. The van der Waals surface area contributed by atoms with Crippen LogP contribution in [0.25, 0.3) is 0 Å². The summed E-state index contributed by atoms with van der Waals surface area (Å²) >= 11 is 3.14. The van der Waals surface area contributed by atoms with Crippen molar-refractivity contribution in [3.8, 4) is 0 Å². The Morgan fingerprint density at radius 2 is 1.90 bits per heavy atom. The highest BCUT2D eigenvalue weighted by Crippen LogP contribution is 2.27. The number of carbonyl (C=O) groups excluding carboxylic acids is 2. The van der Waals surface area contributed by atoms with E-state index in [1.807, 2.05) is 49.4 Å². The molecule has 0 radical (unpaired) electrons. The Labute approximate surface area is 183 Å². The Kier molecular flexibility index (Phi) is 6.44. The summed E-state index contributed by atoms with van der Waals surface area (Å²) < 4.78 is 0. The number of thioether (sulfide) groups is 1. The maximum atomic E-state index is 12.6. The van der Waals surface area contributed by atoms with Crippen LogP contribution in [0.3, 0.4) is 0 Å². The van der Waals surface area contributed by atoms with Gasteiger partial charge >= 0.3 is 0 Å². The number of aromatic nitrogens is 2. The minimum atomic E-state index is -0.390. The van der Waals surface area contributed by atoms with Gasteiger partial charge in [-0.3, -0.25) is 9.59 Å². The van der Waals surface area contributed by atoms with Gasteiger partial charge in [-0.05, 0) is 24.6 Å². The van der Waals surface area contributed by atoms with Crippen molar-refractivity contribution in [1.29, 1.82) is 0 Å². The normalized spacial score (nSPS) is 16.1. The highest BCUT2D eigenvalue weighted by molar-refractivity contribution is 7.97. The van der Waals surface area contributed by atoms with E-state index < -0.39 is 5.92 Å². The Balaban J connectivity index is 1.29. The van der Waals surface area contributed by atoms with E-state index in [0.29, 0.717) is 11.7 Å². The topological polar surface area (TPSA) is 75.2 Å². The predicted octanol–water partition coefficient (Wildman–Crippen LogP) is 4.27. The molecule has 2 amide bonds. The molecule has 0 spiro atoms. The Morgan fingerprint density at radius 3 is 2.67 bits per heavy atom. The first-order chi connectivity index (χ1) is 14.6. The summed E-state index contributed by atoms with van der Waals surface area (Å²) in [4.78, 5) is 26.7. The molecule has 1 N–H and O–H groups in total. The fraction of sp³-hybridized carbons (Fsp3) is 0.273. The molecule has 2 aromatic carbocycles. The standard InChI is InChI=1S/C22H22N4O2S2/c1-15-7-9-18(10-8-15)26-12-17(11-20(26)27)21(28)23-22-25-24-19(30-22)14-29-13-16-5-3-2-4-6-16/h2-10,17H,11-14H2,1H3,(H,23,25,28). The minimum Gasteiger partial charge on any atom is -0.312 e. The van der Waals surface area contributed by atoms with Crippen molar-refractivity contribution in [1.82, 2.24) is 10.2 Å². The average molecular weight is 439 g/mol. The van der Waals surface area contributed by atoms with Gasteiger partial charge in [-0.15, -0.1) is 22.0 Å². The number of amides is 2. The molecule has 154 valence electrons. The van der Waals surface area contributed by atoms with E-state index in [4.69, 9.17) is 0 Å². The first kappa shape index (κ1) is 20.6. The molecule has 1 aromatic heterocycles. The molecule has 30 heavy (non-hydrogen) atoms. The van der Waals surface area contributed by atoms with Crippen molar-refractivity contribution < 1.29 is 9.59 Å². The summed E-state index contributed by atoms with van der Waals surface area (Å²) in [6.07, 6.45) is 0.207. The van der Waals surface area contributed by atoms with Crippen LogP contribution in [0.4, 0.5) is 10.8 Å². The van der Waals surface area contributed by atoms with Crippen molar-refractivity contribution in [2.45, 2.75) is 24.9 Å². The number of benzene rings is 2. The van der Waals surface area contributed by atoms with Gasteiger partial charge in [-0.1, -0.05) is 59.4 Å². The molecular weight excluding hydrogens is 416 g/mol. The fourth-order valence-electron chi connectivity index (χ4n) is 3.26. The zero-order chi connectivity index (χ0) is 20.9. The van der Waals surface area contributed by atoms with Gasteiger partial charge in [0.15, 0.2) is 0 Å². The average Bonchev–Trinajstić information content (AvgIpc) is 3.36. The molecule has 1 aliphatic rings. The predicted molar refractivity (Wildman–Crippen MR) is 122 cm³/mol. The molecule has 8 heteroatoms. The molecule has 0 saturated carbocycles. The molecule has 6 nitrogen and oxygen atoms in total. The zero-order valence-corrected chi connectivity index (χ0v) is 18.2. The third-order valence-corrected chi connectivity index (χ3v) is 6.91. The summed E-state index contributed by atoms with van der Waals surface area (Å²) in [5.74, 6) is 1.04. The summed E-state index contributed by atoms with van der Waals surface area (Å²) in [5, 5.41) is 12.4. The van der Waals surface area contributed by atoms with Gasteiger partial charge in [0, 0.05) is 30.2 Å². The van der Waals surface area contributed by atoms with Gasteiger partial charge in [0.2, 0.25) is 16.9 Å². The molecule has 4 rings (SSSR count). The lowest BCUT2D eigenvalue weighted by Crippen LogP contribution is -2.28. The van der Waals surface area contributed by atoms with Gasteiger partial charge in [0.1, 0.15) is 5.01 Å². The van der Waals surface area contributed by atoms with Crippen molar-refractivity contribution >= 4 is 45.7 Å². The number of nitrogens with one attached hydrogen (secondary N) is 1. The lowest BCUT2D eigenvalue weighted by atomic mass is 10.1. The summed E-state index contributed by atoms with van der Waals surface area (Å²) in [6, 6.07) is 18.0. The van der Waals surface area contributed by atoms with E-state index in [1.54, 1.807) is 16.7 Å². The molecule has 0 bridgehead atoms. The van der Waals surface area contributed by atoms with Crippen LogP contribution in [0, 0.1) is 12.8 Å². The summed E-state index contributed by atoms with van der Waals surface area (Å²) in [5.41, 5.74) is 3.23. The second-order valence-corrected chi connectivity index (χ2v) is 9.26. The second-order valence-electron chi connectivity index (χ2n) is 7.21. The SMILES string of the molecule is Cc1ccc(N2CC(C(=O)Nc3nnc(CSCc4ccccc4)s3)CC2=O)cc1. The maximum Gasteiger partial charge on any atom is 0.231 e. The first-order valence-corrected chi connectivity index (χ1v) is 11.7. The second kappa shape index (κ2) is 9.40. The molecule has 3 aromatic rings. The Bertz CT molecular complexity index is 1020. The van der Waals surface area contributed by atoms with Crippen LogP contribution in [0.5, 0.6) is 0 Å². The maximum absolute atomic E-state index is 12.6. The van der Waals surface area contributed by atoms with E-state index in [1.165, 1.54) is 16.9 Å². The van der Waals surface area contributed by atoms with E-state index >= 15 is 0 Å². The highest BCUT2D eigenvalue weighted by Gasteiger charge is 2.35. The molecule has 1 saturated heterocycles. The number of carbonyl (C=O) groups is 2. The summed E-state index contributed by atoms with van der Waals surface area (Å²) in [7, 11) is 0. The van der Waals surface area contributed by atoms with Crippen molar-refractivity contribution in [3.63, 3.8) is 0 Å². The minimum absolute atomic E-state index is 0.0331. The number of nitrogens with zero attached hydrogens (tertiary/aromatic N) is 3. The molecule has 0 aliphatic carbocycles. The number of hydrogen-bond acceptors (Lipinski definition) is 6. The van der Waals surface area contributed by atoms with Gasteiger partial charge < -0.3 is 10.2 Å². The van der Waals surface area contributed by atoms with E-state index in [0.717, 1.165) is 27.8 Å². The monoisotopic (exact) mass is 438 g/mol. The number of aryl methyl sites for hydroxylation is 1. The van der Waals surface area contributed by atoms with Crippen molar-refractivity contribution in [2.24, 2.45) is 5.92 Å². The third kappa shape index (κ3) is 5.06. The fourth-order valence-corrected chi connectivity index (χ4v) is 5.04. The molecular formula is C22H22N4O2S2. The van der Waals surface area contributed by atoms with Gasteiger partial charge in [0.25, 0.3) is 0 Å². The van der Waals surface area contributed by atoms with E-state index in [-0.39, 0.29) is 18.2 Å². The molecule has 2 heterocycles. The lowest BCUT2D eigenvalue weighted by molar-refractivity contribution is -0.122. The summed E-state index contributed by atoms with van der Waals surface area (Å²) in [6.45, 7) is 2.38. The van der Waals surface area contributed by atoms with Crippen LogP contribution in [0.15, 0.2) is 54.6 Å². The third-order valence-electron chi connectivity index (χ3n) is 4.88. The van der Waals surface area contributed by atoms with Crippen LogP contribution in [0.1, 0.15) is 22.6 Å². The molecule has 1 fully saturated rings. The van der Waals surface area contributed by atoms with Crippen LogP contribution in [-0.2, 0) is 21.1 Å². The van der Waals surface area contributed by atoms with Gasteiger partial charge in [-0.2, -0.15) is 0 Å². The van der Waals surface area contributed by atoms with Gasteiger partial charge in [-0.25, -0.2) is 0 Å². The van der Waals surface area contributed by atoms with Crippen molar-refractivity contribution in [2.75, 3.05) is 16.8 Å². The van der Waals surface area contributed by atoms with Crippen LogP contribution in [-0.4, -0.2) is 28.6 Å². The van der Waals surface area contributed by atoms with Crippen LogP contribution < -0.4 is 10.2 Å². The first-order valence-electron chi connectivity index (χ1n) is 9.70. The zero-order valence-electron chi connectivity index (χ0n) is 16.6. The van der Waals surface area contributed by atoms with Crippen molar-refractivity contribution in [3.05, 3.63) is 70.7 Å². The van der Waals surface area contributed by atoms with E-state index in [9.17, 15) is 9.59 Å².